The van der Waals surface area contributed by atoms with Gasteiger partial charge < -0.3 is 10.6 Å². The van der Waals surface area contributed by atoms with E-state index in [1.54, 1.807) is 22.5 Å². The van der Waals surface area contributed by atoms with E-state index in [0.29, 0.717) is 30.4 Å². The van der Waals surface area contributed by atoms with Crippen LogP contribution in [0.2, 0.25) is 0 Å². The second-order valence-electron chi connectivity index (χ2n) is 8.77. The molecule has 1 saturated heterocycles. The molecule has 2 atom stereocenters. The van der Waals surface area contributed by atoms with Crippen molar-refractivity contribution in [2.75, 3.05) is 25.0 Å². The van der Waals surface area contributed by atoms with Gasteiger partial charge in [-0.1, -0.05) is 44.2 Å². The molecule has 31 heavy (non-hydrogen) atoms. The Balaban J connectivity index is 1.42. The minimum atomic E-state index is -3.51. The molecule has 1 fully saturated rings. The second kappa shape index (κ2) is 9.01. The number of sulfonamides is 1. The highest BCUT2D eigenvalue weighted by atomic mass is 32.2. The number of carbonyl (C=O) groups excluding carboxylic acids is 1. The van der Waals surface area contributed by atoms with Gasteiger partial charge in [0.1, 0.15) is 6.04 Å². The standard InChI is InChI=1S/C24H31N3O3S/c1-17-11-14-27(15-12-17)31(29,30)20-8-9-22-21(16-20)18(2)23(26-22)24(28)25-13-10-19-6-4-3-5-7-19/h3-9,16-18,23,26H,10-15H2,1-2H3,(H,25,28). The first-order valence-electron chi connectivity index (χ1n) is 11.1. The van der Waals surface area contributed by atoms with E-state index in [2.05, 4.69) is 17.6 Å². The van der Waals surface area contributed by atoms with E-state index in [1.165, 1.54) is 5.56 Å². The maximum atomic E-state index is 13.1. The molecule has 166 valence electrons. The van der Waals surface area contributed by atoms with Gasteiger partial charge in [0.2, 0.25) is 15.9 Å². The summed E-state index contributed by atoms with van der Waals surface area (Å²) in [5, 5.41) is 6.29. The summed E-state index contributed by atoms with van der Waals surface area (Å²) >= 11 is 0. The van der Waals surface area contributed by atoms with Crippen LogP contribution in [0.1, 0.15) is 43.7 Å². The number of rotatable bonds is 6. The van der Waals surface area contributed by atoms with E-state index >= 15 is 0 Å². The average Bonchev–Trinajstić information content (AvgIpc) is 3.11. The SMILES string of the molecule is CC1CCN(S(=O)(=O)c2ccc3c(c2)C(C)C(C(=O)NCCc2ccccc2)N3)CC1. The van der Waals surface area contributed by atoms with Crippen molar-refractivity contribution in [2.45, 2.75) is 50.0 Å². The van der Waals surface area contributed by atoms with E-state index in [1.807, 2.05) is 37.3 Å². The molecule has 2 aliphatic rings. The highest BCUT2D eigenvalue weighted by molar-refractivity contribution is 7.89. The number of hydrogen-bond donors (Lipinski definition) is 2. The molecule has 0 aromatic heterocycles. The Bertz CT molecular complexity index is 1030. The third kappa shape index (κ3) is 4.62. The first-order valence-corrected chi connectivity index (χ1v) is 12.5. The number of benzene rings is 2. The number of piperidine rings is 1. The van der Waals surface area contributed by atoms with Gasteiger partial charge in [0.15, 0.2) is 0 Å². The average molecular weight is 442 g/mol. The van der Waals surface area contributed by atoms with Gasteiger partial charge in [-0.15, -0.1) is 0 Å². The molecule has 6 nitrogen and oxygen atoms in total. The Morgan fingerprint density at radius 1 is 1.10 bits per heavy atom. The van der Waals surface area contributed by atoms with Gasteiger partial charge >= 0.3 is 0 Å². The zero-order chi connectivity index (χ0) is 22.0. The van der Waals surface area contributed by atoms with Gasteiger partial charge in [0, 0.05) is 31.2 Å². The zero-order valence-corrected chi connectivity index (χ0v) is 19.0. The number of carbonyl (C=O) groups is 1. The van der Waals surface area contributed by atoms with Crippen LogP contribution in [-0.2, 0) is 21.2 Å². The van der Waals surface area contributed by atoms with Gasteiger partial charge in [-0.3, -0.25) is 4.79 Å². The molecule has 4 rings (SSSR count). The summed E-state index contributed by atoms with van der Waals surface area (Å²) in [6.45, 7) is 5.84. The van der Waals surface area contributed by atoms with Crippen LogP contribution in [0.5, 0.6) is 0 Å². The van der Waals surface area contributed by atoms with Gasteiger partial charge in [0.05, 0.1) is 4.90 Å². The number of amides is 1. The van der Waals surface area contributed by atoms with Crippen LogP contribution < -0.4 is 10.6 Å². The predicted molar refractivity (Wildman–Crippen MR) is 123 cm³/mol. The van der Waals surface area contributed by atoms with Gasteiger partial charge in [-0.25, -0.2) is 8.42 Å². The molecule has 0 spiro atoms. The van der Waals surface area contributed by atoms with Crippen LogP contribution >= 0.6 is 0 Å². The molecule has 2 unspecified atom stereocenters. The summed E-state index contributed by atoms with van der Waals surface area (Å²) in [4.78, 5) is 13.1. The van der Waals surface area contributed by atoms with Gasteiger partial charge in [-0.2, -0.15) is 4.31 Å². The van der Waals surface area contributed by atoms with Crippen molar-refractivity contribution in [1.82, 2.24) is 9.62 Å². The molecule has 0 radical (unpaired) electrons. The molecule has 2 heterocycles. The molecular formula is C24H31N3O3S. The van der Waals surface area contributed by atoms with Crippen LogP contribution in [0.4, 0.5) is 5.69 Å². The lowest BCUT2D eigenvalue weighted by Crippen LogP contribution is -2.40. The Morgan fingerprint density at radius 3 is 2.52 bits per heavy atom. The van der Waals surface area contributed by atoms with Crippen molar-refractivity contribution >= 4 is 21.6 Å². The molecule has 2 aliphatic heterocycles. The minimum absolute atomic E-state index is 0.0611. The first-order chi connectivity index (χ1) is 14.9. The number of nitrogens with zero attached hydrogens (tertiary/aromatic N) is 1. The molecular weight excluding hydrogens is 410 g/mol. The fraction of sp³-hybridized carbons (Fsp3) is 0.458. The third-order valence-corrected chi connectivity index (χ3v) is 8.44. The maximum Gasteiger partial charge on any atom is 0.243 e. The van der Waals surface area contributed by atoms with Crippen molar-refractivity contribution in [3.63, 3.8) is 0 Å². The van der Waals surface area contributed by atoms with Crippen molar-refractivity contribution in [2.24, 2.45) is 5.92 Å². The van der Waals surface area contributed by atoms with E-state index in [4.69, 9.17) is 0 Å². The highest BCUT2D eigenvalue weighted by Crippen LogP contribution is 2.38. The normalized spacial score (nSPS) is 22.0. The number of hydrogen-bond acceptors (Lipinski definition) is 4. The first kappa shape index (κ1) is 21.8. The summed E-state index contributed by atoms with van der Waals surface area (Å²) in [6.07, 6.45) is 2.57. The molecule has 0 aliphatic carbocycles. The lowest BCUT2D eigenvalue weighted by molar-refractivity contribution is -0.122. The monoisotopic (exact) mass is 441 g/mol. The summed E-state index contributed by atoms with van der Waals surface area (Å²) in [7, 11) is -3.51. The lowest BCUT2D eigenvalue weighted by Gasteiger charge is -2.29. The molecule has 2 aromatic carbocycles. The van der Waals surface area contributed by atoms with Gasteiger partial charge in [0.25, 0.3) is 0 Å². The molecule has 0 bridgehead atoms. The van der Waals surface area contributed by atoms with Crippen LogP contribution in [-0.4, -0.2) is 44.3 Å². The molecule has 0 saturated carbocycles. The molecule has 2 aromatic rings. The van der Waals surface area contributed by atoms with E-state index in [9.17, 15) is 13.2 Å². The number of anilines is 1. The smallest absolute Gasteiger partial charge is 0.243 e. The zero-order valence-electron chi connectivity index (χ0n) is 18.2. The Kier molecular flexibility index (Phi) is 6.34. The summed E-state index contributed by atoms with van der Waals surface area (Å²) in [6, 6.07) is 14.8. The van der Waals surface area contributed by atoms with E-state index in [-0.39, 0.29) is 11.8 Å². The topological polar surface area (TPSA) is 78.5 Å². The Labute approximate surface area is 185 Å². The Morgan fingerprint density at radius 2 is 1.81 bits per heavy atom. The third-order valence-electron chi connectivity index (χ3n) is 6.54. The van der Waals surface area contributed by atoms with E-state index in [0.717, 1.165) is 30.5 Å². The number of nitrogens with one attached hydrogen (secondary N) is 2. The van der Waals surface area contributed by atoms with Crippen molar-refractivity contribution < 1.29 is 13.2 Å². The highest BCUT2D eigenvalue weighted by Gasteiger charge is 2.36. The van der Waals surface area contributed by atoms with Crippen LogP contribution in [0.15, 0.2) is 53.4 Å². The van der Waals surface area contributed by atoms with Crippen molar-refractivity contribution in [1.29, 1.82) is 0 Å². The van der Waals surface area contributed by atoms with Crippen molar-refractivity contribution in [3.05, 3.63) is 59.7 Å². The van der Waals surface area contributed by atoms with Crippen molar-refractivity contribution in [3.8, 4) is 0 Å². The van der Waals surface area contributed by atoms with Crippen LogP contribution in [0.25, 0.3) is 0 Å². The fourth-order valence-electron chi connectivity index (χ4n) is 4.43. The summed E-state index contributed by atoms with van der Waals surface area (Å²) < 4.78 is 27.8. The van der Waals surface area contributed by atoms with Gasteiger partial charge in [-0.05, 0) is 54.5 Å². The summed E-state index contributed by atoms with van der Waals surface area (Å²) in [5.74, 6) is 0.397. The lowest BCUT2D eigenvalue weighted by atomic mass is 9.97. The van der Waals surface area contributed by atoms with Crippen LogP contribution in [0, 0.1) is 5.92 Å². The van der Waals surface area contributed by atoms with E-state index < -0.39 is 16.1 Å². The molecule has 2 N–H and O–H groups in total. The second-order valence-corrected chi connectivity index (χ2v) is 10.7. The summed E-state index contributed by atoms with van der Waals surface area (Å²) in [5.41, 5.74) is 2.90. The minimum Gasteiger partial charge on any atom is -0.373 e. The Hall–Kier alpha value is -2.38. The predicted octanol–water partition coefficient (Wildman–Crippen LogP) is 3.36. The quantitative estimate of drug-likeness (QED) is 0.721. The molecule has 7 heteroatoms. The largest absolute Gasteiger partial charge is 0.373 e. The number of fused-ring (bicyclic) bond motifs is 1. The van der Waals surface area contributed by atoms with Crippen LogP contribution in [0.3, 0.4) is 0 Å². The molecule has 1 amide bonds. The maximum absolute atomic E-state index is 13.1. The fourth-order valence-corrected chi connectivity index (χ4v) is 5.94.